The zero-order valence-corrected chi connectivity index (χ0v) is 11.3. The fourth-order valence-corrected chi connectivity index (χ4v) is 2.55. The highest BCUT2D eigenvalue weighted by atomic mass is 16.2. The number of hydrogen-bond acceptors (Lipinski definition) is 4. The molecule has 1 saturated heterocycles. The summed E-state index contributed by atoms with van der Waals surface area (Å²) in [4.78, 5) is 20.0. The van der Waals surface area contributed by atoms with Crippen LogP contribution in [0, 0.1) is 11.3 Å². The summed E-state index contributed by atoms with van der Waals surface area (Å²) in [6.07, 6.45) is 3.73. The highest BCUT2D eigenvalue weighted by Crippen LogP contribution is 2.21. The van der Waals surface area contributed by atoms with Crippen LogP contribution in [0.5, 0.6) is 0 Å². The number of piperazine rings is 1. The van der Waals surface area contributed by atoms with E-state index in [4.69, 9.17) is 5.26 Å². The Morgan fingerprint density at radius 3 is 2.79 bits per heavy atom. The second kappa shape index (κ2) is 5.81. The van der Waals surface area contributed by atoms with E-state index in [2.05, 4.69) is 22.9 Å². The first-order chi connectivity index (χ1) is 9.13. The van der Waals surface area contributed by atoms with Gasteiger partial charge in [0.05, 0.1) is 12.5 Å². The number of hydrogen-bond donors (Lipinski definition) is 0. The Bertz CT molecular complexity index is 482. The first kappa shape index (κ1) is 13.5. The summed E-state index contributed by atoms with van der Waals surface area (Å²) < 4.78 is 0. The molecule has 0 bridgehead atoms. The van der Waals surface area contributed by atoms with Gasteiger partial charge in [0.2, 0.25) is 5.91 Å². The summed E-state index contributed by atoms with van der Waals surface area (Å²) in [6, 6.07) is 5.91. The number of carbonyl (C=O) groups excluding carboxylic acids is 1. The van der Waals surface area contributed by atoms with E-state index in [0.717, 1.165) is 5.56 Å². The molecule has 0 aromatic carbocycles. The molecule has 5 heteroatoms. The predicted molar refractivity (Wildman–Crippen MR) is 70.9 cm³/mol. The molecule has 2 atom stereocenters. The van der Waals surface area contributed by atoms with Crippen molar-refractivity contribution in [3.05, 3.63) is 30.1 Å². The third kappa shape index (κ3) is 2.91. The van der Waals surface area contributed by atoms with Crippen LogP contribution >= 0.6 is 0 Å². The molecule has 0 saturated carbocycles. The molecule has 1 aliphatic rings. The van der Waals surface area contributed by atoms with Gasteiger partial charge in [-0.15, -0.1) is 0 Å². The van der Waals surface area contributed by atoms with Gasteiger partial charge in [-0.25, -0.2) is 0 Å². The molecular weight excluding hydrogens is 240 g/mol. The third-order valence-electron chi connectivity index (χ3n) is 3.56. The summed E-state index contributed by atoms with van der Waals surface area (Å²) in [5.74, 6) is 0.0358. The number of likely N-dealkylation sites (N-methyl/N-ethyl adjacent to an activating group) is 1. The van der Waals surface area contributed by atoms with Crippen molar-refractivity contribution in [2.75, 3.05) is 13.6 Å². The molecule has 19 heavy (non-hydrogen) atoms. The van der Waals surface area contributed by atoms with Crippen LogP contribution in [0.2, 0.25) is 0 Å². The molecule has 2 heterocycles. The number of nitriles is 1. The molecule has 1 aromatic heterocycles. The first-order valence-electron chi connectivity index (χ1n) is 6.40. The van der Waals surface area contributed by atoms with Crippen LogP contribution in [0.3, 0.4) is 0 Å². The van der Waals surface area contributed by atoms with Crippen molar-refractivity contribution in [3.63, 3.8) is 0 Å². The van der Waals surface area contributed by atoms with Gasteiger partial charge in [-0.2, -0.15) is 5.26 Å². The van der Waals surface area contributed by atoms with Crippen molar-refractivity contribution in [2.45, 2.75) is 32.0 Å². The molecule has 2 rings (SSSR count). The largest absolute Gasteiger partial charge is 0.343 e. The lowest BCUT2D eigenvalue weighted by atomic mass is 10.0. The van der Waals surface area contributed by atoms with Crippen LogP contribution in [-0.4, -0.2) is 46.4 Å². The standard InChI is InChI=1S/C14H18N4O/c1-11-9-17(2)14(19)13(3-6-15)18(11)10-12-4-7-16-8-5-12/h4-5,7-8,11,13H,3,9-10H2,1-2H3. The molecule has 1 aliphatic heterocycles. The molecule has 2 unspecified atom stereocenters. The van der Waals surface area contributed by atoms with Gasteiger partial charge in [0.15, 0.2) is 0 Å². The Labute approximate surface area is 113 Å². The van der Waals surface area contributed by atoms with Crippen LogP contribution in [0.15, 0.2) is 24.5 Å². The molecule has 0 radical (unpaired) electrons. The van der Waals surface area contributed by atoms with E-state index < -0.39 is 0 Å². The lowest BCUT2D eigenvalue weighted by molar-refractivity contribution is -0.143. The van der Waals surface area contributed by atoms with Gasteiger partial charge in [0.1, 0.15) is 6.04 Å². The Morgan fingerprint density at radius 2 is 2.16 bits per heavy atom. The monoisotopic (exact) mass is 258 g/mol. The highest BCUT2D eigenvalue weighted by Gasteiger charge is 2.36. The third-order valence-corrected chi connectivity index (χ3v) is 3.56. The van der Waals surface area contributed by atoms with Crippen LogP contribution in [-0.2, 0) is 11.3 Å². The van der Waals surface area contributed by atoms with Crippen molar-refractivity contribution < 1.29 is 4.79 Å². The van der Waals surface area contributed by atoms with E-state index in [1.807, 2.05) is 12.1 Å². The van der Waals surface area contributed by atoms with Crippen molar-refractivity contribution in [2.24, 2.45) is 0 Å². The maximum absolute atomic E-state index is 12.2. The van der Waals surface area contributed by atoms with E-state index in [9.17, 15) is 4.79 Å². The first-order valence-corrected chi connectivity index (χ1v) is 6.40. The highest BCUT2D eigenvalue weighted by molar-refractivity contribution is 5.82. The molecule has 0 aliphatic carbocycles. The van der Waals surface area contributed by atoms with Gasteiger partial charge in [0.25, 0.3) is 0 Å². The van der Waals surface area contributed by atoms with Crippen molar-refractivity contribution in [1.29, 1.82) is 5.26 Å². The molecular formula is C14H18N4O. The topological polar surface area (TPSA) is 60.2 Å². The molecule has 100 valence electrons. The number of rotatable bonds is 3. The maximum Gasteiger partial charge on any atom is 0.240 e. The Kier molecular flexibility index (Phi) is 4.13. The Morgan fingerprint density at radius 1 is 1.47 bits per heavy atom. The summed E-state index contributed by atoms with van der Waals surface area (Å²) >= 11 is 0. The SMILES string of the molecule is CC1CN(C)C(=O)C(CC#N)N1Cc1ccncc1. The number of amides is 1. The van der Waals surface area contributed by atoms with E-state index in [-0.39, 0.29) is 24.4 Å². The second-order valence-electron chi connectivity index (χ2n) is 4.97. The number of aromatic nitrogens is 1. The van der Waals surface area contributed by atoms with Gasteiger partial charge >= 0.3 is 0 Å². The minimum atomic E-state index is -0.341. The average molecular weight is 258 g/mol. The fourth-order valence-electron chi connectivity index (χ4n) is 2.55. The van der Waals surface area contributed by atoms with Crippen molar-refractivity contribution >= 4 is 5.91 Å². The van der Waals surface area contributed by atoms with E-state index in [1.54, 1.807) is 24.3 Å². The van der Waals surface area contributed by atoms with Crippen LogP contribution in [0.1, 0.15) is 18.9 Å². The smallest absolute Gasteiger partial charge is 0.240 e. The second-order valence-corrected chi connectivity index (χ2v) is 4.97. The maximum atomic E-state index is 12.2. The van der Waals surface area contributed by atoms with E-state index in [0.29, 0.717) is 13.1 Å². The molecule has 0 spiro atoms. The average Bonchev–Trinajstić information content (AvgIpc) is 2.41. The minimum Gasteiger partial charge on any atom is -0.343 e. The predicted octanol–water partition coefficient (Wildman–Crippen LogP) is 1.03. The number of pyridine rings is 1. The zero-order valence-electron chi connectivity index (χ0n) is 11.3. The van der Waals surface area contributed by atoms with Gasteiger partial charge in [-0.1, -0.05) is 0 Å². The van der Waals surface area contributed by atoms with Gasteiger partial charge in [-0.05, 0) is 24.6 Å². The van der Waals surface area contributed by atoms with Gasteiger partial charge in [-0.3, -0.25) is 14.7 Å². The zero-order chi connectivity index (χ0) is 13.8. The summed E-state index contributed by atoms with van der Waals surface area (Å²) in [7, 11) is 1.80. The molecule has 1 fully saturated rings. The fraction of sp³-hybridized carbons (Fsp3) is 0.500. The van der Waals surface area contributed by atoms with Crippen molar-refractivity contribution in [1.82, 2.24) is 14.8 Å². The van der Waals surface area contributed by atoms with Gasteiger partial charge in [0, 0.05) is 38.6 Å². The molecule has 1 aromatic rings. The quantitative estimate of drug-likeness (QED) is 0.812. The molecule has 0 N–H and O–H groups in total. The summed E-state index contributed by atoms with van der Waals surface area (Å²) in [5, 5.41) is 8.94. The van der Waals surface area contributed by atoms with Gasteiger partial charge < -0.3 is 4.90 Å². The minimum absolute atomic E-state index is 0.0358. The van der Waals surface area contributed by atoms with E-state index >= 15 is 0 Å². The number of nitrogens with zero attached hydrogens (tertiary/aromatic N) is 4. The van der Waals surface area contributed by atoms with E-state index in [1.165, 1.54) is 0 Å². The normalized spacial score (nSPS) is 24.3. The van der Waals surface area contributed by atoms with Crippen LogP contribution < -0.4 is 0 Å². The Hall–Kier alpha value is -1.93. The lowest BCUT2D eigenvalue weighted by Gasteiger charge is -2.43. The van der Waals surface area contributed by atoms with Crippen LogP contribution in [0.25, 0.3) is 0 Å². The van der Waals surface area contributed by atoms with Crippen LogP contribution in [0.4, 0.5) is 0 Å². The summed E-state index contributed by atoms with van der Waals surface area (Å²) in [5.41, 5.74) is 1.11. The lowest BCUT2D eigenvalue weighted by Crippen LogP contribution is -2.59. The number of carbonyl (C=O) groups is 1. The molecule has 5 nitrogen and oxygen atoms in total. The summed E-state index contributed by atoms with van der Waals surface area (Å²) in [6.45, 7) is 3.47. The van der Waals surface area contributed by atoms with Crippen molar-refractivity contribution in [3.8, 4) is 6.07 Å². The Balaban J connectivity index is 2.20. The molecule has 1 amide bonds.